The van der Waals surface area contributed by atoms with Crippen molar-refractivity contribution in [1.82, 2.24) is 0 Å². The van der Waals surface area contributed by atoms with Crippen LogP contribution >= 0.6 is 0 Å². The molecule has 1 atom stereocenters. The molecule has 0 fully saturated rings. The Morgan fingerprint density at radius 3 is 2.67 bits per heavy atom. The number of hydrogen-bond donors (Lipinski definition) is 2. The second kappa shape index (κ2) is 8.93. The SMILES string of the molecule is CC(CCOCCO)OCCN. The fourth-order valence-corrected chi connectivity index (χ4v) is 0.768. The van der Waals surface area contributed by atoms with Gasteiger partial charge in [0.05, 0.1) is 25.9 Å². The van der Waals surface area contributed by atoms with Gasteiger partial charge in [-0.1, -0.05) is 0 Å². The molecule has 0 radical (unpaired) electrons. The number of aliphatic hydroxyl groups is 1. The topological polar surface area (TPSA) is 64.7 Å². The van der Waals surface area contributed by atoms with Crippen LogP contribution in [0.5, 0.6) is 0 Å². The van der Waals surface area contributed by atoms with E-state index in [1.54, 1.807) is 0 Å². The minimum atomic E-state index is 0.0814. The summed E-state index contributed by atoms with van der Waals surface area (Å²) in [5.74, 6) is 0. The molecule has 0 aromatic heterocycles. The van der Waals surface area contributed by atoms with Crippen LogP contribution in [0.15, 0.2) is 0 Å². The average Bonchev–Trinajstić information content (AvgIpc) is 2.09. The summed E-state index contributed by atoms with van der Waals surface area (Å²) < 4.78 is 10.4. The Labute approximate surface area is 73.7 Å². The molecule has 3 N–H and O–H groups in total. The number of nitrogens with two attached hydrogens (primary N) is 1. The summed E-state index contributed by atoms with van der Waals surface area (Å²) in [7, 11) is 0. The van der Waals surface area contributed by atoms with Crippen molar-refractivity contribution in [2.45, 2.75) is 19.4 Å². The van der Waals surface area contributed by atoms with Gasteiger partial charge in [-0.2, -0.15) is 0 Å². The van der Waals surface area contributed by atoms with Gasteiger partial charge in [0.25, 0.3) is 0 Å². The Morgan fingerprint density at radius 2 is 2.08 bits per heavy atom. The van der Waals surface area contributed by atoms with E-state index < -0.39 is 0 Å². The smallest absolute Gasteiger partial charge is 0.0697 e. The summed E-state index contributed by atoms with van der Waals surface area (Å²) in [5.41, 5.74) is 5.26. The Kier molecular flexibility index (Phi) is 8.81. The van der Waals surface area contributed by atoms with E-state index in [-0.39, 0.29) is 12.7 Å². The highest BCUT2D eigenvalue weighted by Gasteiger charge is 2.00. The van der Waals surface area contributed by atoms with E-state index >= 15 is 0 Å². The van der Waals surface area contributed by atoms with Gasteiger partial charge in [0.15, 0.2) is 0 Å². The zero-order chi connectivity index (χ0) is 9.23. The van der Waals surface area contributed by atoms with E-state index in [9.17, 15) is 0 Å². The maximum absolute atomic E-state index is 8.40. The first kappa shape index (κ1) is 11.8. The molecular weight excluding hydrogens is 158 g/mol. The fraction of sp³-hybridized carbons (Fsp3) is 1.00. The molecule has 0 rings (SSSR count). The van der Waals surface area contributed by atoms with Gasteiger partial charge in [-0.15, -0.1) is 0 Å². The van der Waals surface area contributed by atoms with Crippen LogP contribution in [0.4, 0.5) is 0 Å². The molecule has 12 heavy (non-hydrogen) atoms. The van der Waals surface area contributed by atoms with E-state index in [4.69, 9.17) is 20.3 Å². The zero-order valence-corrected chi connectivity index (χ0v) is 7.66. The molecule has 0 bridgehead atoms. The summed E-state index contributed by atoms with van der Waals surface area (Å²) in [6.07, 6.45) is 1.03. The third kappa shape index (κ3) is 7.94. The first-order valence-electron chi connectivity index (χ1n) is 4.31. The molecule has 0 aliphatic rings. The lowest BCUT2D eigenvalue weighted by molar-refractivity contribution is 0.0275. The second-order valence-corrected chi connectivity index (χ2v) is 2.59. The molecule has 0 saturated heterocycles. The first-order valence-corrected chi connectivity index (χ1v) is 4.31. The largest absolute Gasteiger partial charge is 0.394 e. The lowest BCUT2D eigenvalue weighted by Gasteiger charge is -2.11. The molecule has 74 valence electrons. The molecule has 4 nitrogen and oxygen atoms in total. The Morgan fingerprint density at radius 1 is 1.33 bits per heavy atom. The van der Waals surface area contributed by atoms with Crippen LogP contribution < -0.4 is 5.73 Å². The summed E-state index contributed by atoms with van der Waals surface area (Å²) in [6.45, 7) is 4.26. The highest BCUT2D eigenvalue weighted by Crippen LogP contribution is 1.96. The molecule has 4 heteroatoms. The van der Waals surface area contributed by atoms with Gasteiger partial charge in [-0.3, -0.25) is 0 Å². The third-order valence-electron chi connectivity index (χ3n) is 1.42. The summed E-state index contributed by atoms with van der Waals surface area (Å²) >= 11 is 0. The number of aliphatic hydroxyl groups excluding tert-OH is 1. The van der Waals surface area contributed by atoms with Crippen molar-refractivity contribution >= 4 is 0 Å². The monoisotopic (exact) mass is 177 g/mol. The maximum atomic E-state index is 8.40. The molecule has 0 spiro atoms. The van der Waals surface area contributed by atoms with Gasteiger partial charge in [0, 0.05) is 13.2 Å². The Bertz CT molecular complexity index is 90.4. The molecule has 0 heterocycles. The molecule has 0 aromatic carbocycles. The van der Waals surface area contributed by atoms with Gasteiger partial charge in [-0.25, -0.2) is 0 Å². The van der Waals surface area contributed by atoms with Crippen molar-refractivity contribution in [3.05, 3.63) is 0 Å². The Balaban J connectivity index is 3.02. The average molecular weight is 177 g/mol. The normalized spacial score (nSPS) is 13.2. The molecule has 0 saturated carbocycles. The zero-order valence-electron chi connectivity index (χ0n) is 7.66. The van der Waals surface area contributed by atoms with E-state index in [0.29, 0.717) is 26.4 Å². The van der Waals surface area contributed by atoms with E-state index in [1.165, 1.54) is 0 Å². The van der Waals surface area contributed by atoms with Gasteiger partial charge in [0.1, 0.15) is 0 Å². The van der Waals surface area contributed by atoms with Gasteiger partial charge in [-0.05, 0) is 13.3 Å². The molecule has 0 aliphatic heterocycles. The Hall–Kier alpha value is -0.160. The fourth-order valence-electron chi connectivity index (χ4n) is 0.768. The number of hydrogen-bond acceptors (Lipinski definition) is 4. The van der Waals surface area contributed by atoms with Crippen LogP contribution in [0.3, 0.4) is 0 Å². The van der Waals surface area contributed by atoms with Crippen LogP contribution in [0.1, 0.15) is 13.3 Å². The van der Waals surface area contributed by atoms with Crippen molar-refractivity contribution in [3.8, 4) is 0 Å². The summed E-state index contributed by atoms with van der Waals surface area (Å²) in [4.78, 5) is 0. The predicted molar refractivity (Wildman–Crippen MR) is 47.0 cm³/mol. The van der Waals surface area contributed by atoms with Crippen molar-refractivity contribution in [1.29, 1.82) is 0 Å². The van der Waals surface area contributed by atoms with E-state index in [0.717, 1.165) is 6.42 Å². The van der Waals surface area contributed by atoms with Gasteiger partial charge < -0.3 is 20.3 Å². The minimum Gasteiger partial charge on any atom is -0.394 e. The van der Waals surface area contributed by atoms with Crippen LogP contribution in [-0.4, -0.2) is 44.2 Å². The van der Waals surface area contributed by atoms with Crippen LogP contribution in [0.25, 0.3) is 0 Å². The highest BCUT2D eigenvalue weighted by molar-refractivity contribution is 4.49. The highest BCUT2D eigenvalue weighted by atomic mass is 16.5. The van der Waals surface area contributed by atoms with Crippen molar-refractivity contribution in [2.75, 3.05) is 33.0 Å². The number of ether oxygens (including phenoxy) is 2. The van der Waals surface area contributed by atoms with Crippen LogP contribution in [-0.2, 0) is 9.47 Å². The minimum absolute atomic E-state index is 0.0814. The molecule has 1 unspecified atom stereocenters. The quantitative estimate of drug-likeness (QED) is 0.502. The lowest BCUT2D eigenvalue weighted by atomic mass is 10.3. The molecule has 0 amide bonds. The van der Waals surface area contributed by atoms with E-state index in [2.05, 4.69) is 0 Å². The van der Waals surface area contributed by atoms with Gasteiger partial charge in [0.2, 0.25) is 0 Å². The van der Waals surface area contributed by atoms with Crippen molar-refractivity contribution < 1.29 is 14.6 Å². The summed E-state index contributed by atoms with van der Waals surface area (Å²) in [5, 5.41) is 8.40. The van der Waals surface area contributed by atoms with Crippen LogP contribution in [0.2, 0.25) is 0 Å². The predicted octanol–water partition coefficient (Wildman–Crippen LogP) is -0.251. The second-order valence-electron chi connectivity index (χ2n) is 2.59. The van der Waals surface area contributed by atoms with Crippen molar-refractivity contribution in [3.63, 3.8) is 0 Å². The lowest BCUT2D eigenvalue weighted by Crippen LogP contribution is -2.17. The third-order valence-corrected chi connectivity index (χ3v) is 1.42. The molecular formula is C8H19NO3. The molecule has 0 aliphatic carbocycles. The standard InChI is InChI=1S/C8H19NO3/c1-8(12-6-3-9)2-5-11-7-4-10/h8,10H,2-7,9H2,1H3. The van der Waals surface area contributed by atoms with E-state index in [1.807, 2.05) is 6.92 Å². The van der Waals surface area contributed by atoms with Crippen molar-refractivity contribution in [2.24, 2.45) is 5.73 Å². The maximum Gasteiger partial charge on any atom is 0.0697 e. The van der Waals surface area contributed by atoms with Gasteiger partial charge >= 0.3 is 0 Å². The number of rotatable bonds is 8. The first-order chi connectivity index (χ1) is 5.81. The summed E-state index contributed by atoms with van der Waals surface area (Å²) in [6, 6.07) is 0. The molecule has 0 aromatic rings. The van der Waals surface area contributed by atoms with Crippen LogP contribution in [0, 0.1) is 0 Å².